The summed E-state index contributed by atoms with van der Waals surface area (Å²) < 4.78 is 0. The van der Waals surface area contributed by atoms with Crippen LogP contribution in [0.15, 0.2) is 29.8 Å². The summed E-state index contributed by atoms with van der Waals surface area (Å²) in [7, 11) is 1.68. The van der Waals surface area contributed by atoms with Crippen molar-refractivity contribution in [2.24, 2.45) is 0 Å². The topological polar surface area (TPSA) is 29.1 Å². The Morgan fingerprint density at radius 3 is 2.93 bits per heavy atom. The second-order valence-corrected chi connectivity index (χ2v) is 3.85. The van der Waals surface area contributed by atoms with Crippen LogP contribution in [0, 0.1) is 0 Å². The summed E-state index contributed by atoms with van der Waals surface area (Å²) in [6.45, 7) is 0. The van der Waals surface area contributed by atoms with E-state index in [4.69, 9.17) is 0 Å². The highest BCUT2D eigenvalue weighted by molar-refractivity contribution is 5.80. The van der Waals surface area contributed by atoms with Gasteiger partial charge in [-0.15, -0.1) is 0 Å². The van der Waals surface area contributed by atoms with Gasteiger partial charge in [-0.3, -0.25) is 4.79 Å². The van der Waals surface area contributed by atoms with Crippen molar-refractivity contribution in [2.45, 2.75) is 19.3 Å². The number of aryl methyl sites for hydroxylation is 1. The smallest absolute Gasteiger partial charge is 0.223 e. The van der Waals surface area contributed by atoms with Crippen molar-refractivity contribution in [3.63, 3.8) is 0 Å². The molecule has 0 atom stereocenters. The zero-order chi connectivity index (χ0) is 10.7. The third kappa shape index (κ3) is 2.27. The summed E-state index contributed by atoms with van der Waals surface area (Å²) in [6.07, 6.45) is 4.74. The maximum Gasteiger partial charge on any atom is 0.223 e. The number of carbonyl (C=O) groups excluding carboxylic acids is 1. The summed E-state index contributed by atoms with van der Waals surface area (Å²) in [5.74, 6) is 0.0978. The van der Waals surface area contributed by atoms with E-state index in [1.165, 1.54) is 16.7 Å². The quantitative estimate of drug-likeness (QED) is 0.780. The minimum Gasteiger partial charge on any atom is -0.359 e. The van der Waals surface area contributed by atoms with Crippen LogP contribution >= 0.6 is 0 Å². The second-order valence-electron chi connectivity index (χ2n) is 3.85. The van der Waals surface area contributed by atoms with Crippen LogP contribution in [-0.4, -0.2) is 13.0 Å². The van der Waals surface area contributed by atoms with Crippen LogP contribution in [-0.2, 0) is 11.2 Å². The molecule has 1 aromatic rings. The molecule has 15 heavy (non-hydrogen) atoms. The Morgan fingerprint density at radius 2 is 2.13 bits per heavy atom. The summed E-state index contributed by atoms with van der Waals surface area (Å²) in [5, 5.41) is 2.66. The fourth-order valence-electron chi connectivity index (χ4n) is 1.92. The maximum absolute atomic E-state index is 11.2. The first-order valence-electron chi connectivity index (χ1n) is 5.27. The van der Waals surface area contributed by atoms with Gasteiger partial charge in [-0.2, -0.15) is 0 Å². The maximum atomic E-state index is 11.2. The molecule has 1 amide bonds. The molecule has 0 radical (unpaired) electrons. The zero-order valence-electron chi connectivity index (χ0n) is 8.92. The zero-order valence-corrected chi connectivity index (χ0v) is 8.92. The Balaban J connectivity index is 2.18. The van der Waals surface area contributed by atoms with Crippen molar-refractivity contribution in [3.8, 4) is 0 Å². The van der Waals surface area contributed by atoms with Gasteiger partial charge in [0.15, 0.2) is 0 Å². The molecule has 0 aliphatic heterocycles. The molecular formula is C13H15NO. The van der Waals surface area contributed by atoms with Crippen molar-refractivity contribution in [3.05, 3.63) is 41.0 Å². The van der Waals surface area contributed by atoms with Gasteiger partial charge in [0.1, 0.15) is 0 Å². The third-order valence-electron chi connectivity index (χ3n) is 2.80. The first kappa shape index (κ1) is 9.97. The SMILES string of the molecule is CNC(=O)CC1=Cc2ccccc2CC1. The monoisotopic (exact) mass is 201 g/mol. The van der Waals surface area contributed by atoms with E-state index in [2.05, 4.69) is 29.6 Å². The standard InChI is InChI=1S/C13H15NO/c1-14-13(15)9-10-6-7-11-4-2-3-5-12(11)8-10/h2-5,8H,6-7,9H2,1H3,(H,14,15). The van der Waals surface area contributed by atoms with Crippen molar-refractivity contribution in [1.29, 1.82) is 0 Å². The molecule has 0 bridgehead atoms. The van der Waals surface area contributed by atoms with E-state index in [0.717, 1.165) is 12.8 Å². The predicted molar refractivity (Wildman–Crippen MR) is 61.4 cm³/mol. The van der Waals surface area contributed by atoms with E-state index in [1.807, 2.05) is 6.07 Å². The van der Waals surface area contributed by atoms with Gasteiger partial charge in [0.25, 0.3) is 0 Å². The number of hydrogen-bond donors (Lipinski definition) is 1. The molecule has 1 aromatic carbocycles. The Morgan fingerprint density at radius 1 is 1.33 bits per heavy atom. The van der Waals surface area contributed by atoms with E-state index in [9.17, 15) is 4.79 Å². The molecule has 0 saturated heterocycles. The molecule has 1 aliphatic rings. The summed E-state index contributed by atoms with van der Waals surface area (Å²) in [5.41, 5.74) is 3.88. The van der Waals surface area contributed by atoms with Crippen molar-refractivity contribution >= 4 is 12.0 Å². The fourth-order valence-corrected chi connectivity index (χ4v) is 1.92. The lowest BCUT2D eigenvalue weighted by atomic mass is 9.91. The molecule has 0 fully saturated rings. The molecule has 0 aromatic heterocycles. The van der Waals surface area contributed by atoms with E-state index in [-0.39, 0.29) is 5.91 Å². The first-order chi connectivity index (χ1) is 7.29. The first-order valence-corrected chi connectivity index (χ1v) is 5.27. The van der Waals surface area contributed by atoms with Crippen LogP contribution in [0.5, 0.6) is 0 Å². The third-order valence-corrected chi connectivity index (χ3v) is 2.80. The van der Waals surface area contributed by atoms with Crippen molar-refractivity contribution < 1.29 is 4.79 Å². The van der Waals surface area contributed by atoms with Gasteiger partial charge in [0, 0.05) is 13.5 Å². The lowest BCUT2D eigenvalue weighted by molar-refractivity contribution is -0.119. The van der Waals surface area contributed by atoms with Crippen LogP contribution in [0.4, 0.5) is 0 Å². The van der Waals surface area contributed by atoms with E-state index < -0.39 is 0 Å². The average molecular weight is 201 g/mol. The number of nitrogens with one attached hydrogen (secondary N) is 1. The number of amides is 1. The molecule has 2 nitrogen and oxygen atoms in total. The van der Waals surface area contributed by atoms with Gasteiger partial charge in [0.2, 0.25) is 5.91 Å². The summed E-state index contributed by atoms with van der Waals surface area (Å²) >= 11 is 0. The molecule has 0 spiro atoms. The molecule has 0 heterocycles. The average Bonchev–Trinajstić information content (AvgIpc) is 2.29. The molecule has 1 aliphatic carbocycles. The number of carbonyl (C=O) groups is 1. The highest BCUT2D eigenvalue weighted by Crippen LogP contribution is 2.25. The van der Waals surface area contributed by atoms with E-state index in [1.54, 1.807) is 7.05 Å². The second kappa shape index (κ2) is 4.30. The Labute approximate surface area is 90.0 Å². The predicted octanol–water partition coefficient (Wildman–Crippen LogP) is 2.15. The Kier molecular flexibility index (Phi) is 2.86. The molecule has 0 unspecified atom stereocenters. The Bertz CT molecular complexity index is 407. The largest absolute Gasteiger partial charge is 0.359 e. The summed E-state index contributed by atoms with van der Waals surface area (Å²) in [4.78, 5) is 11.2. The van der Waals surface area contributed by atoms with E-state index >= 15 is 0 Å². The fraction of sp³-hybridized carbons (Fsp3) is 0.308. The van der Waals surface area contributed by atoms with Gasteiger partial charge >= 0.3 is 0 Å². The molecule has 1 N–H and O–H groups in total. The van der Waals surface area contributed by atoms with Gasteiger partial charge in [-0.1, -0.05) is 35.9 Å². The molecule has 0 saturated carbocycles. The lowest BCUT2D eigenvalue weighted by Crippen LogP contribution is -2.18. The van der Waals surface area contributed by atoms with Crippen LogP contribution in [0.2, 0.25) is 0 Å². The highest BCUT2D eigenvalue weighted by Gasteiger charge is 2.11. The van der Waals surface area contributed by atoms with Crippen molar-refractivity contribution in [1.82, 2.24) is 5.32 Å². The minimum absolute atomic E-state index is 0.0978. The van der Waals surface area contributed by atoms with Crippen LogP contribution < -0.4 is 5.32 Å². The number of benzene rings is 1. The van der Waals surface area contributed by atoms with E-state index in [0.29, 0.717) is 6.42 Å². The van der Waals surface area contributed by atoms with Crippen molar-refractivity contribution in [2.75, 3.05) is 7.05 Å². The molecule has 78 valence electrons. The summed E-state index contributed by atoms with van der Waals surface area (Å²) in [6, 6.07) is 8.37. The number of fused-ring (bicyclic) bond motifs is 1. The minimum atomic E-state index is 0.0978. The van der Waals surface area contributed by atoms with Gasteiger partial charge in [-0.05, 0) is 24.0 Å². The van der Waals surface area contributed by atoms with Crippen LogP contribution in [0.3, 0.4) is 0 Å². The van der Waals surface area contributed by atoms with Crippen LogP contribution in [0.25, 0.3) is 6.08 Å². The lowest BCUT2D eigenvalue weighted by Gasteiger charge is -2.15. The normalized spacial score (nSPS) is 14.1. The highest BCUT2D eigenvalue weighted by atomic mass is 16.1. The molecule has 2 rings (SSSR count). The van der Waals surface area contributed by atoms with Gasteiger partial charge in [-0.25, -0.2) is 0 Å². The van der Waals surface area contributed by atoms with Gasteiger partial charge < -0.3 is 5.32 Å². The molecule has 2 heteroatoms. The number of hydrogen-bond acceptors (Lipinski definition) is 1. The van der Waals surface area contributed by atoms with Gasteiger partial charge in [0.05, 0.1) is 0 Å². The molecular weight excluding hydrogens is 186 g/mol. The Hall–Kier alpha value is -1.57. The van der Waals surface area contributed by atoms with Crippen LogP contribution in [0.1, 0.15) is 24.0 Å². The number of rotatable bonds is 2.